The van der Waals surface area contributed by atoms with E-state index in [2.05, 4.69) is 21.2 Å². The van der Waals surface area contributed by atoms with Crippen molar-refractivity contribution in [3.8, 4) is 0 Å². The molecule has 0 fully saturated rings. The number of carbonyl (C=O) groups is 1. The molecule has 0 aliphatic heterocycles. The van der Waals surface area contributed by atoms with Crippen LogP contribution in [0.2, 0.25) is 0 Å². The van der Waals surface area contributed by atoms with E-state index in [9.17, 15) is 13.2 Å². The second kappa shape index (κ2) is 6.47. The van der Waals surface area contributed by atoms with Gasteiger partial charge in [-0.2, -0.15) is 17.0 Å². The lowest BCUT2D eigenvalue weighted by molar-refractivity contribution is -0.116. The van der Waals surface area contributed by atoms with Crippen LogP contribution in [0.4, 0.5) is 5.69 Å². The molecule has 0 spiro atoms. The minimum absolute atomic E-state index is 0.243. The molecule has 106 valence electrons. The van der Waals surface area contributed by atoms with Crippen LogP contribution in [0.25, 0.3) is 0 Å². The van der Waals surface area contributed by atoms with E-state index in [0.29, 0.717) is 5.69 Å². The number of hydrogen-bond acceptors (Lipinski definition) is 3. The second-order valence-electron chi connectivity index (χ2n) is 4.10. The fraction of sp³-hybridized carbons (Fsp3) is 0.364. The lowest BCUT2D eigenvalue weighted by Gasteiger charge is -2.20. The average Bonchev–Trinajstić information content (AvgIpc) is 2.28. The van der Waals surface area contributed by atoms with Gasteiger partial charge in [0.1, 0.15) is 0 Å². The molecular weight excluding hydrogens is 334 g/mol. The van der Waals surface area contributed by atoms with Gasteiger partial charge < -0.3 is 5.32 Å². The maximum atomic E-state index is 11.8. The molecular formula is C11H16BrN3O3S. The highest BCUT2D eigenvalue weighted by atomic mass is 79.9. The van der Waals surface area contributed by atoms with E-state index in [4.69, 9.17) is 0 Å². The minimum Gasteiger partial charge on any atom is -0.325 e. The van der Waals surface area contributed by atoms with E-state index < -0.39 is 16.1 Å². The van der Waals surface area contributed by atoms with Crippen LogP contribution >= 0.6 is 15.9 Å². The zero-order chi connectivity index (χ0) is 14.6. The average molecular weight is 350 g/mol. The summed E-state index contributed by atoms with van der Waals surface area (Å²) in [5.74, 6) is -0.397. The van der Waals surface area contributed by atoms with Crippen molar-refractivity contribution in [3.63, 3.8) is 0 Å². The molecule has 1 rings (SSSR count). The quantitative estimate of drug-likeness (QED) is 0.865. The Hall–Kier alpha value is -0.960. The first-order chi connectivity index (χ1) is 8.73. The number of benzene rings is 1. The van der Waals surface area contributed by atoms with Crippen molar-refractivity contribution in [2.24, 2.45) is 0 Å². The molecule has 1 aromatic carbocycles. The van der Waals surface area contributed by atoms with Gasteiger partial charge in [-0.1, -0.05) is 22.0 Å². The third-order valence-corrected chi connectivity index (χ3v) is 4.66. The molecule has 0 atom stereocenters. The first-order valence-electron chi connectivity index (χ1n) is 5.42. The Bertz CT molecular complexity index is 560. The summed E-state index contributed by atoms with van der Waals surface area (Å²) in [6, 6.07) is 7.07. The predicted molar refractivity (Wildman–Crippen MR) is 78.0 cm³/mol. The second-order valence-corrected chi connectivity index (χ2v) is 7.27. The first-order valence-corrected chi connectivity index (χ1v) is 7.61. The topological polar surface area (TPSA) is 69.7 Å². The van der Waals surface area contributed by atoms with Gasteiger partial charge in [0.25, 0.3) is 10.2 Å². The smallest absolute Gasteiger partial charge is 0.281 e. The van der Waals surface area contributed by atoms with Gasteiger partial charge in [-0.05, 0) is 18.2 Å². The third-order valence-electron chi connectivity index (χ3n) is 2.33. The molecule has 1 aromatic rings. The standard InChI is InChI=1S/C11H16BrN3O3S/c1-14(2)19(17,18)15(3)8-11(16)13-10-6-4-5-9(12)7-10/h4-7H,8H2,1-3H3,(H,13,16). The van der Waals surface area contributed by atoms with Crippen LogP contribution in [0.1, 0.15) is 0 Å². The molecule has 0 bridgehead atoms. The van der Waals surface area contributed by atoms with Crippen LogP contribution in [0.15, 0.2) is 28.7 Å². The number of amides is 1. The van der Waals surface area contributed by atoms with E-state index in [1.165, 1.54) is 21.1 Å². The molecule has 1 N–H and O–H groups in total. The molecule has 0 aliphatic carbocycles. The summed E-state index contributed by atoms with van der Waals surface area (Å²) in [6.07, 6.45) is 0. The normalized spacial score (nSPS) is 11.9. The fourth-order valence-electron chi connectivity index (χ4n) is 1.33. The highest BCUT2D eigenvalue weighted by Crippen LogP contribution is 2.15. The lowest BCUT2D eigenvalue weighted by atomic mass is 10.3. The van der Waals surface area contributed by atoms with E-state index in [1.807, 2.05) is 6.07 Å². The molecule has 0 aliphatic rings. The van der Waals surface area contributed by atoms with Crippen LogP contribution in [0, 0.1) is 0 Å². The number of nitrogens with zero attached hydrogens (tertiary/aromatic N) is 2. The maximum absolute atomic E-state index is 11.8. The molecule has 0 saturated heterocycles. The van der Waals surface area contributed by atoms with Gasteiger partial charge in [-0.3, -0.25) is 4.79 Å². The van der Waals surface area contributed by atoms with Gasteiger partial charge in [-0.15, -0.1) is 0 Å². The number of halogens is 1. The van der Waals surface area contributed by atoms with Crippen LogP contribution in [-0.4, -0.2) is 50.6 Å². The highest BCUT2D eigenvalue weighted by Gasteiger charge is 2.22. The summed E-state index contributed by atoms with van der Waals surface area (Å²) < 4.78 is 26.3. The van der Waals surface area contributed by atoms with Crippen molar-refractivity contribution in [1.29, 1.82) is 0 Å². The van der Waals surface area contributed by atoms with Gasteiger partial charge in [0.05, 0.1) is 6.54 Å². The van der Waals surface area contributed by atoms with E-state index in [1.54, 1.807) is 18.2 Å². The van der Waals surface area contributed by atoms with Crippen LogP contribution in [0.5, 0.6) is 0 Å². The van der Waals surface area contributed by atoms with Crippen LogP contribution in [-0.2, 0) is 15.0 Å². The van der Waals surface area contributed by atoms with Crippen LogP contribution < -0.4 is 5.32 Å². The summed E-state index contributed by atoms with van der Waals surface area (Å²) in [4.78, 5) is 11.8. The summed E-state index contributed by atoms with van der Waals surface area (Å²) in [5, 5.41) is 2.63. The van der Waals surface area contributed by atoms with Gasteiger partial charge in [-0.25, -0.2) is 0 Å². The molecule has 0 saturated carbocycles. The number of likely N-dealkylation sites (N-methyl/N-ethyl adjacent to an activating group) is 1. The first kappa shape index (κ1) is 16.1. The molecule has 1 amide bonds. The Morgan fingerprint density at radius 1 is 1.32 bits per heavy atom. The number of rotatable bonds is 5. The third kappa shape index (κ3) is 4.57. The van der Waals surface area contributed by atoms with E-state index >= 15 is 0 Å². The van der Waals surface area contributed by atoms with Gasteiger partial charge in [0, 0.05) is 31.3 Å². The molecule has 19 heavy (non-hydrogen) atoms. The Kier molecular flexibility index (Phi) is 5.48. The zero-order valence-electron chi connectivity index (χ0n) is 10.9. The molecule has 6 nitrogen and oxygen atoms in total. The van der Waals surface area contributed by atoms with E-state index in [-0.39, 0.29) is 6.54 Å². The molecule has 0 heterocycles. The number of nitrogens with one attached hydrogen (secondary N) is 1. The summed E-state index contributed by atoms with van der Waals surface area (Å²) >= 11 is 3.29. The molecule has 0 radical (unpaired) electrons. The summed E-state index contributed by atoms with van der Waals surface area (Å²) in [6.45, 7) is -0.243. The van der Waals surface area contributed by atoms with Gasteiger partial charge in [0.2, 0.25) is 5.91 Å². The Morgan fingerprint density at radius 3 is 2.47 bits per heavy atom. The van der Waals surface area contributed by atoms with Crippen LogP contribution in [0.3, 0.4) is 0 Å². The van der Waals surface area contributed by atoms with Crippen molar-refractivity contribution in [3.05, 3.63) is 28.7 Å². The number of carbonyl (C=O) groups excluding carboxylic acids is 1. The molecule has 0 unspecified atom stereocenters. The van der Waals surface area contributed by atoms with Gasteiger partial charge in [0.15, 0.2) is 0 Å². The number of hydrogen-bond donors (Lipinski definition) is 1. The molecule has 0 aromatic heterocycles. The SMILES string of the molecule is CN(C)S(=O)(=O)N(C)CC(=O)Nc1cccc(Br)c1. The van der Waals surface area contributed by atoms with Crippen molar-refractivity contribution in [2.75, 3.05) is 33.0 Å². The predicted octanol–water partition coefficient (Wildman–Crippen LogP) is 1.13. The van der Waals surface area contributed by atoms with E-state index in [0.717, 1.165) is 13.1 Å². The molecule has 8 heteroatoms. The zero-order valence-corrected chi connectivity index (χ0v) is 13.3. The Balaban J connectivity index is 2.66. The van der Waals surface area contributed by atoms with Crippen molar-refractivity contribution in [2.45, 2.75) is 0 Å². The lowest BCUT2D eigenvalue weighted by Crippen LogP contribution is -2.41. The Labute approximate surface area is 121 Å². The van der Waals surface area contributed by atoms with Crippen molar-refractivity contribution < 1.29 is 13.2 Å². The maximum Gasteiger partial charge on any atom is 0.281 e. The monoisotopic (exact) mass is 349 g/mol. The largest absolute Gasteiger partial charge is 0.325 e. The van der Waals surface area contributed by atoms with Crippen molar-refractivity contribution >= 4 is 37.7 Å². The summed E-state index contributed by atoms with van der Waals surface area (Å²) in [5.41, 5.74) is 0.607. The fourth-order valence-corrected chi connectivity index (χ4v) is 2.57. The number of anilines is 1. The minimum atomic E-state index is -3.58. The summed E-state index contributed by atoms with van der Waals surface area (Å²) in [7, 11) is 0.611. The van der Waals surface area contributed by atoms with Gasteiger partial charge >= 0.3 is 0 Å². The highest BCUT2D eigenvalue weighted by molar-refractivity contribution is 9.10. The van der Waals surface area contributed by atoms with Crippen molar-refractivity contribution in [1.82, 2.24) is 8.61 Å². The Morgan fingerprint density at radius 2 is 1.95 bits per heavy atom.